The number of hydrogen-bond donors (Lipinski definition) is 1. The minimum atomic E-state index is -0.315. The number of rotatable bonds is 6. The van der Waals surface area contributed by atoms with E-state index in [0.717, 1.165) is 19.5 Å². The molecule has 0 radical (unpaired) electrons. The third kappa shape index (κ3) is 4.12. The predicted octanol–water partition coefficient (Wildman–Crippen LogP) is 2.18. The fourth-order valence-corrected chi connectivity index (χ4v) is 2.97. The number of likely N-dealkylation sites (tertiary alicyclic amines) is 1. The molecular formula is C17H24N2O3. The van der Waals surface area contributed by atoms with Crippen LogP contribution in [0.15, 0.2) is 18.2 Å². The molecule has 1 aliphatic rings. The third-order valence-electron chi connectivity index (χ3n) is 4.15. The Balaban J connectivity index is 1.91. The molecule has 0 amide bonds. The van der Waals surface area contributed by atoms with Gasteiger partial charge in [-0.05, 0) is 38.4 Å². The monoisotopic (exact) mass is 304 g/mol. The summed E-state index contributed by atoms with van der Waals surface area (Å²) in [5, 5.41) is 18.8. The zero-order valence-corrected chi connectivity index (χ0v) is 13.3. The number of aliphatic hydroxyl groups is 1. The molecule has 0 aliphatic carbocycles. The molecule has 1 N–H and O–H groups in total. The molecule has 0 spiro atoms. The van der Waals surface area contributed by atoms with Crippen molar-refractivity contribution >= 4 is 0 Å². The molecule has 2 rings (SSSR count). The Bertz CT molecular complexity index is 525. The van der Waals surface area contributed by atoms with Gasteiger partial charge in [-0.15, -0.1) is 0 Å². The number of nitrogens with zero attached hydrogens (tertiary/aromatic N) is 2. The van der Waals surface area contributed by atoms with Gasteiger partial charge in [0.05, 0.1) is 24.8 Å². The molecule has 1 aliphatic heterocycles. The van der Waals surface area contributed by atoms with Crippen molar-refractivity contribution in [2.24, 2.45) is 0 Å². The van der Waals surface area contributed by atoms with Crippen molar-refractivity contribution in [2.75, 3.05) is 26.8 Å². The molecule has 22 heavy (non-hydrogen) atoms. The molecule has 0 saturated carbocycles. The molecule has 1 aromatic rings. The van der Waals surface area contributed by atoms with Crippen molar-refractivity contribution in [1.29, 1.82) is 5.26 Å². The highest BCUT2D eigenvalue weighted by atomic mass is 16.5. The van der Waals surface area contributed by atoms with Crippen LogP contribution < -0.4 is 9.47 Å². The van der Waals surface area contributed by atoms with E-state index < -0.39 is 0 Å². The first-order valence-electron chi connectivity index (χ1n) is 7.78. The van der Waals surface area contributed by atoms with E-state index in [1.165, 1.54) is 12.8 Å². The van der Waals surface area contributed by atoms with Crippen molar-refractivity contribution in [2.45, 2.75) is 38.3 Å². The van der Waals surface area contributed by atoms with Gasteiger partial charge in [0, 0.05) is 18.7 Å². The summed E-state index contributed by atoms with van der Waals surface area (Å²) >= 11 is 0. The van der Waals surface area contributed by atoms with E-state index >= 15 is 0 Å². The van der Waals surface area contributed by atoms with Crippen LogP contribution >= 0.6 is 0 Å². The standard InChI is InChI=1S/C17H24N2O3/c1-13(20)15-5-3-4-8-19(15)9-10-22-16-7-6-14(12-18)11-17(16)21-2/h6-7,11,13,15,20H,3-5,8-10H2,1-2H3. The third-order valence-corrected chi connectivity index (χ3v) is 4.15. The van der Waals surface area contributed by atoms with Gasteiger partial charge in [0.2, 0.25) is 0 Å². The largest absolute Gasteiger partial charge is 0.493 e. The summed E-state index contributed by atoms with van der Waals surface area (Å²) in [4.78, 5) is 2.30. The van der Waals surface area contributed by atoms with Crippen LogP contribution in [0.3, 0.4) is 0 Å². The van der Waals surface area contributed by atoms with Gasteiger partial charge in [-0.2, -0.15) is 5.26 Å². The van der Waals surface area contributed by atoms with Gasteiger partial charge in [-0.1, -0.05) is 6.42 Å². The van der Waals surface area contributed by atoms with E-state index in [4.69, 9.17) is 14.7 Å². The van der Waals surface area contributed by atoms with Gasteiger partial charge in [-0.3, -0.25) is 4.90 Å². The Morgan fingerprint density at radius 2 is 2.23 bits per heavy atom. The Hall–Kier alpha value is -1.77. The second kappa shape index (κ2) is 8.02. The lowest BCUT2D eigenvalue weighted by molar-refractivity contribution is 0.0291. The minimum absolute atomic E-state index is 0.222. The summed E-state index contributed by atoms with van der Waals surface area (Å²) < 4.78 is 11.1. The van der Waals surface area contributed by atoms with Gasteiger partial charge in [0.25, 0.3) is 0 Å². The number of hydrogen-bond acceptors (Lipinski definition) is 5. The minimum Gasteiger partial charge on any atom is -0.493 e. The topological polar surface area (TPSA) is 65.7 Å². The van der Waals surface area contributed by atoms with E-state index in [0.29, 0.717) is 23.7 Å². The number of aliphatic hydroxyl groups excluding tert-OH is 1. The fourth-order valence-electron chi connectivity index (χ4n) is 2.97. The summed E-state index contributed by atoms with van der Waals surface area (Å²) in [6.45, 7) is 4.17. The molecule has 2 atom stereocenters. The number of ether oxygens (including phenoxy) is 2. The second-order valence-electron chi connectivity index (χ2n) is 5.67. The van der Waals surface area contributed by atoms with Crippen molar-refractivity contribution < 1.29 is 14.6 Å². The molecule has 120 valence electrons. The van der Waals surface area contributed by atoms with Crippen LogP contribution in [0, 0.1) is 11.3 Å². The molecule has 1 fully saturated rings. The van der Waals surface area contributed by atoms with E-state index in [-0.39, 0.29) is 12.1 Å². The molecule has 1 saturated heterocycles. The van der Waals surface area contributed by atoms with E-state index in [1.807, 2.05) is 6.92 Å². The summed E-state index contributed by atoms with van der Waals surface area (Å²) in [6.07, 6.45) is 3.07. The highest BCUT2D eigenvalue weighted by Crippen LogP contribution is 2.28. The van der Waals surface area contributed by atoms with Crippen molar-refractivity contribution in [1.82, 2.24) is 4.90 Å². The number of methoxy groups -OCH3 is 1. The molecule has 1 heterocycles. The summed E-state index contributed by atoms with van der Waals surface area (Å²) in [7, 11) is 1.57. The lowest BCUT2D eigenvalue weighted by Gasteiger charge is -2.37. The van der Waals surface area contributed by atoms with Crippen LogP contribution in [0.4, 0.5) is 0 Å². The van der Waals surface area contributed by atoms with Crippen molar-refractivity contribution in [3.8, 4) is 17.6 Å². The van der Waals surface area contributed by atoms with Crippen LogP contribution in [0.1, 0.15) is 31.7 Å². The highest BCUT2D eigenvalue weighted by molar-refractivity contribution is 5.46. The molecule has 0 bridgehead atoms. The molecular weight excluding hydrogens is 280 g/mol. The van der Waals surface area contributed by atoms with Crippen molar-refractivity contribution in [3.05, 3.63) is 23.8 Å². The van der Waals surface area contributed by atoms with Crippen molar-refractivity contribution in [3.63, 3.8) is 0 Å². The Morgan fingerprint density at radius 3 is 2.91 bits per heavy atom. The Labute approximate surface area is 132 Å². The van der Waals surface area contributed by atoms with Crippen LogP contribution in [0.5, 0.6) is 11.5 Å². The smallest absolute Gasteiger partial charge is 0.162 e. The number of nitriles is 1. The molecule has 5 nitrogen and oxygen atoms in total. The van der Waals surface area contributed by atoms with Crippen LogP contribution in [0.25, 0.3) is 0 Å². The van der Waals surface area contributed by atoms with Crippen LogP contribution in [0.2, 0.25) is 0 Å². The quantitative estimate of drug-likeness (QED) is 0.872. The van der Waals surface area contributed by atoms with Crippen LogP contribution in [-0.4, -0.2) is 49.0 Å². The maximum atomic E-state index is 9.87. The van der Waals surface area contributed by atoms with Gasteiger partial charge in [0.1, 0.15) is 6.61 Å². The highest BCUT2D eigenvalue weighted by Gasteiger charge is 2.25. The predicted molar refractivity (Wildman–Crippen MR) is 84.1 cm³/mol. The lowest BCUT2D eigenvalue weighted by atomic mass is 9.98. The summed E-state index contributed by atoms with van der Waals surface area (Å²) in [5.41, 5.74) is 0.550. The SMILES string of the molecule is COc1cc(C#N)ccc1OCCN1CCCCC1C(C)O. The first-order chi connectivity index (χ1) is 10.7. The van der Waals surface area contributed by atoms with E-state index in [9.17, 15) is 5.11 Å². The average molecular weight is 304 g/mol. The summed E-state index contributed by atoms with van der Waals surface area (Å²) in [5.74, 6) is 1.22. The zero-order chi connectivity index (χ0) is 15.9. The molecule has 5 heteroatoms. The summed E-state index contributed by atoms with van der Waals surface area (Å²) in [6, 6.07) is 7.46. The van der Waals surface area contributed by atoms with Gasteiger partial charge >= 0.3 is 0 Å². The maximum Gasteiger partial charge on any atom is 0.162 e. The first kappa shape index (κ1) is 16.6. The fraction of sp³-hybridized carbons (Fsp3) is 0.588. The maximum absolute atomic E-state index is 9.87. The number of benzene rings is 1. The van der Waals surface area contributed by atoms with Gasteiger partial charge in [-0.25, -0.2) is 0 Å². The first-order valence-corrected chi connectivity index (χ1v) is 7.78. The van der Waals surface area contributed by atoms with E-state index in [1.54, 1.807) is 25.3 Å². The van der Waals surface area contributed by atoms with Gasteiger partial charge < -0.3 is 14.6 Å². The Kier molecular flexibility index (Phi) is 6.05. The number of piperidine rings is 1. The second-order valence-corrected chi connectivity index (χ2v) is 5.67. The van der Waals surface area contributed by atoms with Crippen LogP contribution in [-0.2, 0) is 0 Å². The normalized spacial score (nSPS) is 20.2. The molecule has 2 unspecified atom stereocenters. The average Bonchev–Trinajstić information content (AvgIpc) is 2.55. The zero-order valence-electron chi connectivity index (χ0n) is 13.3. The van der Waals surface area contributed by atoms with E-state index in [2.05, 4.69) is 11.0 Å². The molecule has 0 aromatic heterocycles. The Morgan fingerprint density at radius 1 is 1.41 bits per heavy atom. The lowest BCUT2D eigenvalue weighted by Crippen LogP contribution is -2.47. The van der Waals surface area contributed by atoms with Gasteiger partial charge in [0.15, 0.2) is 11.5 Å². The molecule has 1 aromatic carbocycles.